The highest BCUT2D eigenvalue weighted by atomic mass is 79.9. The molecule has 13 heavy (non-hydrogen) atoms. The Kier molecular flexibility index (Phi) is 3.93. The first-order valence-corrected chi connectivity index (χ1v) is 5.60. The normalized spacial score (nSPS) is 10.0. The molecule has 0 saturated carbocycles. The molecule has 0 amide bonds. The van der Waals surface area contributed by atoms with Crippen LogP contribution >= 0.6 is 31.9 Å². The molecule has 1 rings (SSSR count). The molecule has 0 fully saturated rings. The van der Waals surface area contributed by atoms with Crippen molar-refractivity contribution < 1.29 is 9.90 Å². The first-order chi connectivity index (χ1) is 6.13. The third-order valence-electron chi connectivity index (χ3n) is 1.62. The number of alkyl halides is 1. The molecular weight excluding hydrogens is 300 g/mol. The van der Waals surface area contributed by atoms with Gasteiger partial charge >= 0.3 is 5.97 Å². The fraction of sp³-hybridized carbons (Fsp3) is 0.222. The minimum absolute atomic E-state index is 0.0706. The number of benzene rings is 1. The SMILES string of the molecule is O=C(O)Cc1ccc(CBr)c(Br)c1. The zero-order chi connectivity index (χ0) is 9.84. The van der Waals surface area contributed by atoms with Gasteiger partial charge in [-0.05, 0) is 17.2 Å². The Bertz CT molecular complexity index is 323. The quantitative estimate of drug-likeness (QED) is 0.872. The monoisotopic (exact) mass is 306 g/mol. The molecule has 0 heterocycles. The van der Waals surface area contributed by atoms with Gasteiger partial charge in [0.05, 0.1) is 6.42 Å². The third kappa shape index (κ3) is 3.12. The van der Waals surface area contributed by atoms with Crippen molar-refractivity contribution in [3.8, 4) is 0 Å². The van der Waals surface area contributed by atoms with E-state index < -0.39 is 5.97 Å². The number of aliphatic carboxylic acids is 1. The lowest BCUT2D eigenvalue weighted by Gasteiger charge is -2.02. The number of rotatable bonds is 3. The van der Waals surface area contributed by atoms with Gasteiger partial charge in [0.25, 0.3) is 0 Å². The van der Waals surface area contributed by atoms with E-state index in [1.54, 1.807) is 0 Å². The number of carboxylic acid groups (broad SMARTS) is 1. The van der Waals surface area contributed by atoms with E-state index >= 15 is 0 Å². The largest absolute Gasteiger partial charge is 0.481 e. The molecule has 1 N–H and O–H groups in total. The van der Waals surface area contributed by atoms with Gasteiger partial charge in [-0.15, -0.1) is 0 Å². The standard InChI is InChI=1S/C9H8Br2O2/c10-5-7-2-1-6(3-8(7)11)4-9(12)13/h1-3H,4-5H2,(H,12,13). The van der Waals surface area contributed by atoms with Gasteiger partial charge < -0.3 is 5.11 Å². The van der Waals surface area contributed by atoms with Crippen LogP contribution in [0.3, 0.4) is 0 Å². The van der Waals surface area contributed by atoms with Crippen molar-refractivity contribution in [2.75, 3.05) is 0 Å². The maximum atomic E-state index is 10.4. The Morgan fingerprint density at radius 2 is 2.15 bits per heavy atom. The summed E-state index contributed by atoms with van der Waals surface area (Å²) in [5.41, 5.74) is 1.93. The van der Waals surface area contributed by atoms with Gasteiger partial charge in [-0.1, -0.05) is 44.0 Å². The smallest absolute Gasteiger partial charge is 0.307 e. The van der Waals surface area contributed by atoms with Crippen LogP contribution in [0.25, 0.3) is 0 Å². The second kappa shape index (κ2) is 4.77. The second-order valence-corrected chi connectivity index (χ2v) is 4.04. The average Bonchev–Trinajstić information content (AvgIpc) is 2.03. The molecule has 0 aliphatic carbocycles. The molecule has 0 aliphatic heterocycles. The van der Waals surface area contributed by atoms with Gasteiger partial charge in [-0.25, -0.2) is 0 Å². The maximum Gasteiger partial charge on any atom is 0.307 e. The molecule has 4 heteroatoms. The van der Waals surface area contributed by atoms with Gasteiger partial charge in [0.2, 0.25) is 0 Å². The van der Waals surface area contributed by atoms with Crippen molar-refractivity contribution in [3.63, 3.8) is 0 Å². The summed E-state index contributed by atoms with van der Waals surface area (Å²) in [4.78, 5) is 10.4. The van der Waals surface area contributed by atoms with Crippen LogP contribution in [0.4, 0.5) is 0 Å². The zero-order valence-corrected chi connectivity index (χ0v) is 9.93. The van der Waals surface area contributed by atoms with Crippen LogP contribution in [0, 0.1) is 0 Å². The number of carbonyl (C=O) groups is 1. The van der Waals surface area contributed by atoms with Crippen LogP contribution in [-0.4, -0.2) is 11.1 Å². The van der Waals surface area contributed by atoms with Gasteiger partial charge in [0.15, 0.2) is 0 Å². The molecule has 0 radical (unpaired) electrons. The van der Waals surface area contributed by atoms with Crippen molar-refractivity contribution in [2.45, 2.75) is 11.8 Å². The Balaban J connectivity index is 2.89. The average molecular weight is 308 g/mol. The van der Waals surface area contributed by atoms with Gasteiger partial charge in [-0.2, -0.15) is 0 Å². The van der Waals surface area contributed by atoms with E-state index in [-0.39, 0.29) is 6.42 Å². The molecule has 1 aromatic carbocycles. The second-order valence-electron chi connectivity index (χ2n) is 2.63. The summed E-state index contributed by atoms with van der Waals surface area (Å²) in [6, 6.07) is 5.58. The minimum Gasteiger partial charge on any atom is -0.481 e. The highest BCUT2D eigenvalue weighted by Crippen LogP contribution is 2.21. The first kappa shape index (κ1) is 10.7. The van der Waals surface area contributed by atoms with E-state index in [2.05, 4.69) is 31.9 Å². The van der Waals surface area contributed by atoms with E-state index in [1.807, 2.05) is 18.2 Å². The topological polar surface area (TPSA) is 37.3 Å². The molecule has 0 bridgehead atoms. The van der Waals surface area contributed by atoms with E-state index in [0.29, 0.717) is 0 Å². The summed E-state index contributed by atoms with van der Waals surface area (Å²) in [6.45, 7) is 0. The number of carboxylic acids is 1. The fourth-order valence-corrected chi connectivity index (χ4v) is 2.42. The van der Waals surface area contributed by atoms with Gasteiger partial charge in [-0.3, -0.25) is 4.79 Å². The Morgan fingerprint density at radius 3 is 2.62 bits per heavy atom. The lowest BCUT2D eigenvalue weighted by molar-refractivity contribution is -0.136. The molecule has 70 valence electrons. The Morgan fingerprint density at radius 1 is 1.46 bits per heavy atom. The first-order valence-electron chi connectivity index (χ1n) is 3.68. The van der Waals surface area contributed by atoms with Crippen LogP contribution in [0.5, 0.6) is 0 Å². The molecule has 0 aromatic heterocycles. The summed E-state index contributed by atoms with van der Waals surface area (Å²) in [5, 5.41) is 9.32. The number of hydrogen-bond donors (Lipinski definition) is 1. The van der Waals surface area contributed by atoms with Crippen molar-refractivity contribution >= 4 is 37.8 Å². The molecule has 2 nitrogen and oxygen atoms in total. The maximum absolute atomic E-state index is 10.4. The van der Waals surface area contributed by atoms with E-state index in [9.17, 15) is 4.79 Å². The molecular formula is C9H8Br2O2. The zero-order valence-electron chi connectivity index (χ0n) is 6.76. The summed E-state index contributed by atoms with van der Waals surface area (Å²) < 4.78 is 0.947. The van der Waals surface area contributed by atoms with E-state index in [0.717, 1.165) is 20.9 Å². The highest BCUT2D eigenvalue weighted by Gasteiger charge is 2.03. The summed E-state index contributed by atoms with van der Waals surface area (Å²) in [7, 11) is 0. The summed E-state index contributed by atoms with van der Waals surface area (Å²) in [5.74, 6) is -0.807. The molecule has 0 atom stereocenters. The predicted molar refractivity (Wildman–Crippen MR) is 58.1 cm³/mol. The van der Waals surface area contributed by atoms with Gasteiger partial charge in [0, 0.05) is 9.80 Å². The van der Waals surface area contributed by atoms with Crippen LogP contribution in [0.1, 0.15) is 11.1 Å². The lowest BCUT2D eigenvalue weighted by atomic mass is 10.1. The fourth-order valence-electron chi connectivity index (χ4n) is 0.984. The highest BCUT2D eigenvalue weighted by molar-refractivity contribution is 9.10. The third-order valence-corrected chi connectivity index (χ3v) is 2.96. The summed E-state index contributed by atoms with van der Waals surface area (Å²) >= 11 is 6.71. The molecule has 0 spiro atoms. The van der Waals surface area contributed by atoms with Crippen LogP contribution in [0.2, 0.25) is 0 Å². The van der Waals surface area contributed by atoms with E-state index in [4.69, 9.17) is 5.11 Å². The van der Waals surface area contributed by atoms with Crippen LogP contribution < -0.4 is 0 Å². The molecule has 1 aromatic rings. The molecule has 0 aliphatic rings. The van der Waals surface area contributed by atoms with E-state index in [1.165, 1.54) is 0 Å². The van der Waals surface area contributed by atoms with Crippen LogP contribution in [0.15, 0.2) is 22.7 Å². The van der Waals surface area contributed by atoms with Gasteiger partial charge in [0.1, 0.15) is 0 Å². The molecule has 0 saturated heterocycles. The summed E-state index contributed by atoms with van der Waals surface area (Å²) in [6.07, 6.45) is 0.0706. The van der Waals surface area contributed by atoms with Crippen LogP contribution in [-0.2, 0) is 16.5 Å². The van der Waals surface area contributed by atoms with Crippen molar-refractivity contribution in [1.29, 1.82) is 0 Å². The van der Waals surface area contributed by atoms with Crippen molar-refractivity contribution in [3.05, 3.63) is 33.8 Å². The Hall–Kier alpha value is -0.350. The predicted octanol–water partition coefficient (Wildman–Crippen LogP) is 2.97. The molecule has 0 unspecified atom stereocenters. The van der Waals surface area contributed by atoms with Crippen molar-refractivity contribution in [2.24, 2.45) is 0 Å². The van der Waals surface area contributed by atoms with Crippen molar-refractivity contribution in [1.82, 2.24) is 0 Å². The minimum atomic E-state index is -0.807. The number of hydrogen-bond acceptors (Lipinski definition) is 1. The number of halogens is 2. The lowest BCUT2D eigenvalue weighted by Crippen LogP contribution is -2.00. The Labute approximate surface area is 93.2 Å².